The molecule has 0 fully saturated rings. The first kappa shape index (κ1) is 5.11. The Morgan fingerprint density at radius 1 is 1.88 bits per heavy atom. The van der Waals surface area contributed by atoms with Crippen LogP contribution in [0.5, 0.6) is 0 Å². The third kappa shape index (κ3) is 0.974. The van der Waals surface area contributed by atoms with Gasteiger partial charge >= 0.3 is 0 Å². The van der Waals surface area contributed by atoms with Crippen molar-refractivity contribution in [3.8, 4) is 0 Å². The third-order valence-electron chi connectivity index (χ3n) is 0.853. The van der Waals surface area contributed by atoms with Crippen molar-refractivity contribution in [3.63, 3.8) is 0 Å². The molecule has 8 heavy (non-hydrogen) atoms. The van der Waals surface area contributed by atoms with Crippen molar-refractivity contribution < 1.29 is 4.79 Å². The van der Waals surface area contributed by atoms with Gasteiger partial charge in [-0.05, 0) is 0 Å². The summed E-state index contributed by atoms with van der Waals surface area (Å²) in [7, 11) is 0. The van der Waals surface area contributed by atoms with Crippen LogP contribution in [0.25, 0.3) is 0 Å². The summed E-state index contributed by atoms with van der Waals surface area (Å²) in [5.41, 5.74) is 0. The first-order chi connectivity index (χ1) is 3.79. The van der Waals surface area contributed by atoms with E-state index >= 15 is 0 Å². The van der Waals surface area contributed by atoms with Gasteiger partial charge in [0.2, 0.25) is 5.91 Å². The van der Waals surface area contributed by atoms with Crippen LogP contribution in [0.3, 0.4) is 0 Å². The molecule has 44 valence electrons. The lowest BCUT2D eigenvalue weighted by Gasteiger charge is -2.16. The lowest BCUT2D eigenvalue weighted by atomic mass is 10.5. The summed E-state index contributed by atoms with van der Waals surface area (Å²) < 4.78 is 0. The monoisotopic (exact) mass is 113 g/mol. The lowest BCUT2D eigenvalue weighted by molar-refractivity contribution is -0.117. The molecule has 1 aliphatic rings. The molecule has 0 saturated carbocycles. The van der Waals surface area contributed by atoms with Crippen LogP contribution in [0.2, 0.25) is 0 Å². The first-order valence-corrected chi connectivity index (χ1v) is 2.26. The molecule has 0 unspecified atom stereocenters. The van der Waals surface area contributed by atoms with E-state index in [1.807, 2.05) is 0 Å². The molecule has 1 aliphatic heterocycles. The maximum atomic E-state index is 10.3. The van der Waals surface area contributed by atoms with Gasteiger partial charge in [0.25, 0.3) is 0 Å². The van der Waals surface area contributed by atoms with Gasteiger partial charge in [-0.15, -0.1) is 0 Å². The van der Waals surface area contributed by atoms with Crippen molar-refractivity contribution >= 4 is 5.91 Å². The van der Waals surface area contributed by atoms with E-state index < -0.39 is 0 Å². The molecule has 0 aromatic heterocycles. The average molecular weight is 113 g/mol. The third-order valence-corrected chi connectivity index (χ3v) is 0.853. The molecule has 0 atom stereocenters. The Kier molecular flexibility index (Phi) is 1.17. The van der Waals surface area contributed by atoms with Crippen LogP contribution in [0.15, 0.2) is 12.3 Å². The van der Waals surface area contributed by atoms with Crippen LogP contribution in [0.1, 0.15) is 0 Å². The molecule has 3 N–H and O–H groups in total. The molecule has 0 aliphatic carbocycles. The predicted octanol–water partition coefficient (Wildman–Crippen LogP) is -1.24. The molecule has 4 heteroatoms. The number of nitrogens with zero attached hydrogens (tertiary/aromatic N) is 1. The minimum absolute atomic E-state index is 0.0910. The fraction of sp³-hybridized carbons (Fsp3) is 0.250. The SMILES string of the molecule is NN1C=CC(=O)NC1. The molecular weight excluding hydrogens is 106 g/mol. The highest BCUT2D eigenvalue weighted by Gasteiger charge is 2.01. The first-order valence-electron chi connectivity index (χ1n) is 2.26. The van der Waals surface area contributed by atoms with Gasteiger partial charge in [-0.2, -0.15) is 0 Å². The van der Waals surface area contributed by atoms with E-state index in [0.717, 1.165) is 0 Å². The highest BCUT2D eigenvalue weighted by Crippen LogP contribution is 1.84. The topological polar surface area (TPSA) is 58.4 Å². The second-order valence-electron chi connectivity index (χ2n) is 1.53. The molecule has 1 heterocycles. The van der Waals surface area contributed by atoms with Crippen molar-refractivity contribution in [2.45, 2.75) is 0 Å². The number of hydrazine groups is 1. The van der Waals surface area contributed by atoms with Gasteiger partial charge in [-0.25, -0.2) is 5.84 Å². The molecule has 0 aromatic carbocycles. The Morgan fingerprint density at radius 2 is 2.62 bits per heavy atom. The summed E-state index contributed by atoms with van der Waals surface area (Å²) in [6.45, 7) is 0.398. The average Bonchev–Trinajstić information content (AvgIpc) is 1.77. The van der Waals surface area contributed by atoms with E-state index in [9.17, 15) is 4.79 Å². The summed E-state index contributed by atoms with van der Waals surface area (Å²) in [4.78, 5) is 10.3. The lowest BCUT2D eigenvalue weighted by Crippen LogP contribution is -2.41. The second-order valence-corrected chi connectivity index (χ2v) is 1.53. The standard InChI is InChI=1S/C4H7N3O/c5-7-2-1-4(8)6-3-7/h1-2H,3,5H2,(H,6,8). The molecule has 0 spiro atoms. The van der Waals surface area contributed by atoms with E-state index in [0.29, 0.717) is 6.67 Å². The van der Waals surface area contributed by atoms with Gasteiger partial charge in [0.15, 0.2) is 0 Å². The van der Waals surface area contributed by atoms with Crippen molar-refractivity contribution in [1.29, 1.82) is 0 Å². The summed E-state index contributed by atoms with van der Waals surface area (Å²) in [6.07, 6.45) is 2.91. The van der Waals surface area contributed by atoms with Crippen LogP contribution >= 0.6 is 0 Å². The van der Waals surface area contributed by atoms with Crippen molar-refractivity contribution in [1.82, 2.24) is 10.3 Å². The molecule has 1 rings (SSSR count). The van der Waals surface area contributed by atoms with E-state index in [2.05, 4.69) is 5.32 Å². The number of carbonyl (C=O) groups excluding carboxylic acids is 1. The van der Waals surface area contributed by atoms with E-state index in [1.165, 1.54) is 17.3 Å². The number of hydrogen-bond donors (Lipinski definition) is 2. The smallest absolute Gasteiger partial charge is 0.246 e. The van der Waals surface area contributed by atoms with Crippen LogP contribution in [0, 0.1) is 0 Å². The van der Waals surface area contributed by atoms with Gasteiger partial charge in [0, 0.05) is 12.3 Å². The molecular formula is C4H7N3O. The van der Waals surface area contributed by atoms with Gasteiger partial charge in [0.05, 0.1) is 0 Å². The molecule has 0 saturated heterocycles. The van der Waals surface area contributed by atoms with Gasteiger partial charge < -0.3 is 5.32 Å². The number of hydrogen-bond acceptors (Lipinski definition) is 3. The van der Waals surface area contributed by atoms with E-state index in [1.54, 1.807) is 0 Å². The van der Waals surface area contributed by atoms with Gasteiger partial charge in [-0.1, -0.05) is 0 Å². The molecule has 4 nitrogen and oxygen atoms in total. The number of nitrogens with two attached hydrogens (primary N) is 1. The highest BCUT2D eigenvalue weighted by atomic mass is 16.1. The Bertz CT molecular complexity index is 131. The Hall–Kier alpha value is -1.03. The Morgan fingerprint density at radius 3 is 3.00 bits per heavy atom. The Balaban J connectivity index is 2.55. The molecule has 0 radical (unpaired) electrons. The number of amides is 1. The predicted molar refractivity (Wildman–Crippen MR) is 28.2 cm³/mol. The summed E-state index contributed by atoms with van der Waals surface area (Å²) in [6, 6.07) is 0. The minimum Gasteiger partial charge on any atom is -0.334 e. The number of nitrogens with one attached hydrogen (secondary N) is 1. The zero-order valence-electron chi connectivity index (χ0n) is 4.29. The van der Waals surface area contributed by atoms with Gasteiger partial charge in [0.1, 0.15) is 6.67 Å². The zero-order valence-corrected chi connectivity index (χ0v) is 4.29. The maximum Gasteiger partial charge on any atom is 0.246 e. The molecule has 0 aromatic rings. The van der Waals surface area contributed by atoms with Gasteiger partial charge in [-0.3, -0.25) is 9.80 Å². The van der Waals surface area contributed by atoms with Crippen molar-refractivity contribution in [2.24, 2.45) is 5.84 Å². The fourth-order valence-electron chi connectivity index (χ4n) is 0.444. The van der Waals surface area contributed by atoms with E-state index in [-0.39, 0.29) is 5.91 Å². The second kappa shape index (κ2) is 1.83. The van der Waals surface area contributed by atoms with Crippen LogP contribution in [-0.4, -0.2) is 17.6 Å². The summed E-state index contributed by atoms with van der Waals surface area (Å²) >= 11 is 0. The van der Waals surface area contributed by atoms with Crippen molar-refractivity contribution in [2.75, 3.05) is 6.67 Å². The highest BCUT2D eigenvalue weighted by molar-refractivity contribution is 5.87. The zero-order chi connectivity index (χ0) is 5.98. The van der Waals surface area contributed by atoms with Crippen LogP contribution < -0.4 is 11.2 Å². The summed E-state index contributed by atoms with van der Waals surface area (Å²) in [5.74, 6) is 5.14. The molecule has 1 amide bonds. The normalized spacial score (nSPS) is 18.6. The minimum atomic E-state index is -0.0910. The largest absolute Gasteiger partial charge is 0.334 e. The van der Waals surface area contributed by atoms with Crippen molar-refractivity contribution in [3.05, 3.63) is 12.3 Å². The van der Waals surface area contributed by atoms with Crippen LogP contribution in [0.4, 0.5) is 0 Å². The quantitative estimate of drug-likeness (QED) is 0.386. The maximum absolute atomic E-state index is 10.3. The van der Waals surface area contributed by atoms with Crippen LogP contribution in [-0.2, 0) is 4.79 Å². The summed E-state index contributed by atoms with van der Waals surface area (Å²) in [5, 5.41) is 3.90. The fourth-order valence-corrected chi connectivity index (χ4v) is 0.444. The number of rotatable bonds is 0. The molecule has 0 bridgehead atoms. The van der Waals surface area contributed by atoms with E-state index in [4.69, 9.17) is 5.84 Å². The number of carbonyl (C=O) groups is 1. The Labute approximate surface area is 46.9 Å².